The molecule has 2 heterocycles. The molecule has 0 N–H and O–H groups in total. The van der Waals surface area contributed by atoms with E-state index in [1.807, 2.05) is 25.2 Å². The lowest BCUT2D eigenvalue weighted by molar-refractivity contribution is 0.598. The van der Waals surface area contributed by atoms with Crippen molar-refractivity contribution >= 4 is 58.8 Å². The number of thiazole rings is 1. The highest BCUT2D eigenvalue weighted by molar-refractivity contribution is 9.10. The Hall–Kier alpha value is -0.960. The number of sulfonamides is 1. The van der Waals surface area contributed by atoms with Crippen LogP contribution in [0.25, 0.3) is 10.2 Å². The molecule has 2 aromatic heterocycles. The highest BCUT2D eigenvalue weighted by atomic mass is 79.9. The Morgan fingerprint density at radius 2 is 2.10 bits per heavy atom. The first-order valence-corrected chi connectivity index (χ1v) is 9.50. The van der Waals surface area contributed by atoms with Gasteiger partial charge in [0.15, 0.2) is 0 Å². The lowest BCUT2D eigenvalue weighted by Crippen LogP contribution is -2.13. The number of benzene rings is 1. The summed E-state index contributed by atoms with van der Waals surface area (Å²) >= 11 is 5.93. The fourth-order valence-electron chi connectivity index (χ4n) is 1.75. The van der Waals surface area contributed by atoms with Crippen molar-refractivity contribution in [1.82, 2.24) is 4.57 Å². The van der Waals surface area contributed by atoms with Crippen molar-refractivity contribution in [3.05, 3.63) is 45.0 Å². The summed E-state index contributed by atoms with van der Waals surface area (Å²) in [5.74, 6) is 0. The Morgan fingerprint density at radius 1 is 1.30 bits per heavy atom. The molecule has 4 nitrogen and oxygen atoms in total. The molecule has 8 heteroatoms. The summed E-state index contributed by atoms with van der Waals surface area (Å²) in [6.45, 7) is 0. The van der Waals surface area contributed by atoms with Crippen molar-refractivity contribution in [2.24, 2.45) is 11.4 Å². The Kier molecular flexibility index (Phi) is 3.57. The average Bonchev–Trinajstić information content (AvgIpc) is 2.99. The summed E-state index contributed by atoms with van der Waals surface area (Å²) < 4.78 is 32.3. The van der Waals surface area contributed by atoms with Gasteiger partial charge in [-0.1, -0.05) is 33.3 Å². The molecule has 0 unspecified atom stereocenters. The van der Waals surface area contributed by atoms with E-state index in [9.17, 15) is 8.42 Å². The molecule has 0 radical (unpaired) electrons. The van der Waals surface area contributed by atoms with Crippen LogP contribution in [0.3, 0.4) is 0 Å². The average molecular weight is 389 g/mol. The highest BCUT2D eigenvalue weighted by Gasteiger charge is 2.14. The number of aromatic nitrogens is 1. The van der Waals surface area contributed by atoms with Crippen LogP contribution >= 0.6 is 38.6 Å². The molecule has 104 valence electrons. The van der Waals surface area contributed by atoms with E-state index in [0.717, 1.165) is 14.7 Å². The number of nitrogens with zero attached hydrogens (tertiary/aromatic N) is 2. The number of thiophene rings is 1. The normalized spacial score (nSPS) is 13.2. The monoisotopic (exact) mass is 388 g/mol. The molecule has 0 fully saturated rings. The minimum Gasteiger partial charge on any atom is -0.319 e. The summed E-state index contributed by atoms with van der Waals surface area (Å²) in [5, 5.41) is 1.73. The zero-order valence-electron chi connectivity index (χ0n) is 10.3. The van der Waals surface area contributed by atoms with Gasteiger partial charge in [0.2, 0.25) is 4.80 Å². The molecule has 0 aliphatic rings. The summed E-state index contributed by atoms with van der Waals surface area (Å²) in [7, 11) is -1.81. The Balaban J connectivity index is 2.25. The van der Waals surface area contributed by atoms with Crippen molar-refractivity contribution in [2.75, 3.05) is 0 Å². The van der Waals surface area contributed by atoms with Crippen LogP contribution in [-0.4, -0.2) is 13.0 Å². The van der Waals surface area contributed by atoms with Gasteiger partial charge in [-0.05, 0) is 29.6 Å². The smallest absolute Gasteiger partial charge is 0.294 e. The number of halogens is 1. The summed E-state index contributed by atoms with van der Waals surface area (Å²) in [6, 6.07) is 9.08. The van der Waals surface area contributed by atoms with Crippen molar-refractivity contribution in [2.45, 2.75) is 4.21 Å². The Labute approximate surface area is 132 Å². The quantitative estimate of drug-likeness (QED) is 0.675. The van der Waals surface area contributed by atoms with Crippen LogP contribution in [0.5, 0.6) is 0 Å². The molecule has 0 aliphatic heterocycles. The predicted molar refractivity (Wildman–Crippen MR) is 85.6 cm³/mol. The molecule has 1 aromatic carbocycles. The standard InChI is InChI=1S/C12H9BrN2O2S3/c1-15-9-5-4-8(13)7-10(9)19-12(15)14-20(16,17)11-3-2-6-18-11/h2-7H,1H3. The van der Waals surface area contributed by atoms with E-state index in [2.05, 4.69) is 20.3 Å². The number of hydrogen-bond donors (Lipinski definition) is 0. The fourth-order valence-corrected chi connectivity index (χ4v) is 5.52. The van der Waals surface area contributed by atoms with Crippen LogP contribution in [0.15, 0.2) is 48.8 Å². The van der Waals surface area contributed by atoms with Crippen LogP contribution in [0.2, 0.25) is 0 Å². The fraction of sp³-hybridized carbons (Fsp3) is 0.0833. The second kappa shape index (κ2) is 5.10. The molecular weight excluding hydrogens is 380 g/mol. The molecule has 20 heavy (non-hydrogen) atoms. The Bertz CT molecular complexity index is 937. The van der Waals surface area contributed by atoms with Gasteiger partial charge in [0.25, 0.3) is 10.0 Å². The van der Waals surface area contributed by atoms with Crippen molar-refractivity contribution < 1.29 is 8.42 Å². The van der Waals surface area contributed by atoms with Crippen LogP contribution in [0.4, 0.5) is 0 Å². The first-order chi connectivity index (χ1) is 9.47. The van der Waals surface area contributed by atoms with Crippen molar-refractivity contribution in [3.8, 4) is 0 Å². The second-order valence-corrected chi connectivity index (χ2v) is 8.76. The van der Waals surface area contributed by atoms with Gasteiger partial charge in [0.05, 0.1) is 10.2 Å². The van der Waals surface area contributed by atoms with E-state index in [1.165, 1.54) is 22.7 Å². The van der Waals surface area contributed by atoms with Gasteiger partial charge in [-0.2, -0.15) is 8.42 Å². The van der Waals surface area contributed by atoms with Gasteiger partial charge in [-0.25, -0.2) is 0 Å². The van der Waals surface area contributed by atoms with Gasteiger partial charge in [-0.3, -0.25) is 0 Å². The van der Waals surface area contributed by atoms with E-state index in [-0.39, 0.29) is 4.21 Å². The maximum atomic E-state index is 12.2. The number of hydrogen-bond acceptors (Lipinski definition) is 4. The third-order valence-corrected chi connectivity index (χ3v) is 7.06. The summed E-state index contributed by atoms with van der Waals surface area (Å²) in [6.07, 6.45) is 0. The van der Waals surface area contributed by atoms with Gasteiger partial charge in [0, 0.05) is 11.5 Å². The SMILES string of the molecule is Cn1c(=NS(=O)(=O)c2cccs2)sc2cc(Br)ccc21. The zero-order chi connectivity index (χ0) is 14.3. The van der Waals surface area contributed by atoms with E-state index in [1.54, 1.807) is 22.1 Å². The highest BCUT2D eigenvalue weighted by Crippen LogP contribution is 2.22. The third kappa shape index (κ3) is 2.48. The Morgan fingerprint density at radius 3 is 2.80 bits per heavy atom. The van der Waals surface area contributed by atoms with Crippen LogP contribution in [0.1, 0.15) is 0 Å². The van der Waals surface area contributed by atoms with Gasteiger partial charge in [-0.15, -0.1) is 15.7 Å². The van der Waals surface area contributed by atoms with Crippen LogP contribution in [0, 0.1) is 0 Å². The maximum absolute atomic E-state index is 12.2. The zero-order valence-corrected chi connectivity index (χ0v) is 14.3. The predicted octanol–water partition coefficient (Wildman–Crippen LogP) is 3.35. The number of rotatable bonds is 2. The maximum Gasteiger partial charge on any atom is 0.294 e. The number of fused-ring (bicyclic) bond motifs is 1. The minimum absolute atomic E-state index is 0.260. The molecule has 0 atom stereocenters. The molecule has 0 spiro atoms. The third-order valence-electron chi connectivity index (χ3n) is 2.72. The second-order valence-electron chi connectivity index (χ2n) is 4.05. The molecule has 0 aliphatic carbocycles. The van der Waals surface area contributed by atoms with Gasteiger partial charge in [0.1, 0.15) is 4.21 Å². The molecule has 3 aromatic rings. The van der Waals surface area contributed by atoms with Gasteiger partial charge < -0.3 is 4.57 Å². The molecule has 3 rings (SSSR count). The lowest BCUT2D eigenvalue weighted by Gasteiger charge is -1.96. The minimum atomic E-state index is -3.63. The van der Waals surface area contributed by atoms with Crippen LogP contribution in [-0.2, 0) is 17.1 Å². The molecule has 0 saturated heterocycles. The van der Waals surface area contributed by atoms with Gasteiger partial charge >= 0.3 is 0 Å². The number of aryl methyl sites for hydroxylation is 1. The summed E-state index contributed by atoms with van der Waals surface area (Å²) in [5.41, 5.74) is 0.957. The molecule has 0 bridgehead atoms. The van der Waals surface area contributed by atoms with Crippen LogP contribution < -0.4 is 4.80 Å². The van der Waals surface area contributed by atoms with E-state index < -0.39 is 10.0 Å². The molecular formula is C12H9BrN2O2S3. The lowest BCUT2D eigenvalue weighted by atomic mass is 10.3. The van der Waals surface area contributed by atoms with E-state index in [0.29, 0.717) is 4.80 Å². The van der Waals surface area contributed by atoms with Crippen molar-refractivity contribution in [3.63, 3.8) is 0 Å². The van der Waals surface area contributed by atoms with Crippen molar-refractivity contribution in [1.29, 1.82) is 0 Å². The molecule has 0 amide bonds. The largest absolute Gasteiger partial charge is 0.319 e. The topological polar surface area (TPSA) is 51.4 Å². The van der Waals surface area contributed by atoms with E-state index in [4.69, 9.17) is 0 Å². The van der Waals surface area contributed by atoms with E-state index >= 15 is 0 Å². The summed E-state index contributed by atoms with van der Waals surface area (Å²) in [4.78, 5) is 0.464. The first kappa shape index (κ1) is 14.0. The molecule has 0 saturated carbocycles. The first-order valence-electron chi connectivity index (χ1n) is 5.57.